The zero-order valence-corrected chi connectivity index (χ0v) is 17.8. The van der Waals surface area contributed by atoms with E-state index in [1.165, 1.54) is 0 Å². The van der Waals surface area contributed by atoms with Crippen LogP contribution in [0.1, 0.15) is 30.5 Å². The molecule has 2 rings (SSSR count). The van der Waals surface area contributed by atoms with Crippen molar-refractivity contribution in [2.75, 3.05) is 11.6 Å². The number of nitrogens with one attached hydrogen (secondary N) is 3. The van der Waals surface area contributed by atoms with E-state index in [0.29, 0.717) is 40.4 Å². The van der Waals surface area contributed by atoms with Gasteiger partial charge < -0.3 is 10.1 Å². The van der Waals surface area contributed by atoms with E-state index in [0.717, 1.165) is 10.6 Å². The van der Waals surface area contributed by atoms with Crippen LogP contribution in [0, 0.1) is 23.7 Å². The third-order valence-electron chi connectivity index (χ3n) is 4.66. The SMILES string of the molecule is CCN/C(C#N)=C(/C)C(=N)c1ccc(OCc2ccccc2N(N)C(=O)NN)c(C)c1. The molecule has 2 aromatic carbocycles. The number of hydrogen-bond donors (Lipinski definition) is 5. The molecule has 0 heterocycles. The molecule has 0 saturated carbocycles. The van der Waals surface area contributed by atoms with E-state index in [-0.39, 0.29) is 12.3 Å². The summed E-state index contributed by atoms with van der Waals surface area (Å²) >= 11 is 0. The van der Waals surface area contributed by atoms with Gasteiger partial charge in [-0.1, -0.05) is 18.2 Å². The summed E-state index contributed by atoms with van der Waals surface area (Å²) < 4.78 is 5.94. The first kappa shape index (κ1) is 23.4. The highest BCUT2D eigenvalue weighted by Crippen LogP contribution is 2.25. The molecule has 0 aliphatic rings. The van der Waals surface area contributed by atoms with Crippen molar-refractivity contribution in [3.8, 4) is 11.8 Å². The Kier molecular flexibility index (Phi) is 8.14. The summed E-state index contributed by atoms with van der Waals surface area (Å²) in [4.78, 5) is 11.7. The molecule has 0 radical (unpaired) electrons. The molecule has 7 N–H and O–H groups in total. The van der Waals surface area contributed by atoms with E-state index >= 15 is 0 Å². The Morgan fingerprint density at radius 3 is 2.61 bits per heavy atom. The summed E-state index contributed by atoms with van der Waals surface area (Å²) in [5.41, 5.74) is 5.90. The van der Waals surface area contributed by atoms with Crippen molar-refractivity contribution in [2.24, 2.45) is 11.7 Å². The van der Waals surface area contributed by atoms with Gasteiger partial charge in [0.05, 0.1) is 11.4 Å². The largest absolute Gasteiger partial charge is 0.489 e. The molecule has 2 aromatic rings. The molecule has 0 unspecified atom stereocenters. The fourth-order valence-corrected chi connectivity index (χ4v) is 2.94. The second-order valence-corrected chi connectivity index (χ2v) is 6.73. The van der Waals surface area contributed by atoms with Gasteiger partial charge in [0.15, 0.2) is 0 Å². The number of rotatable bonds is 8. The number of para-hydroxylation sites is 1. The number of benzene rings is 2. The van der Waals surface area contributed by atoms with Crippen molar-refractivity contribution < 1.29 is 9.53 Å². The number of aryl methyl sites for hydroxylation is 1. The molecular weight excluding hydrogens is 394 g/mol. The van der Waals surface area contributed by atoms with Crippen LogP contribution in [0.5, 0.6) is 5.75 Å². The minimum Gasteiger partial charge on any atom is -0.489 e. The number of ether oxygens (including phenoxy) is 1. The standard InChI is InChI=1S/C22H27N7O2/c1-4-27-18(12-23)15(3)21(24)16-9-10-20(14(2)11-16)31-13-17-7-5-6-8-19(17)29(26)22(30)28-25/h5-11,24,27H,4,13,25-26H2,1-3H3,(H,28,30)/b18-15-,24-21?. The summed E-state index contributed by atoms with van der Waals surface area (Å²) in [7, 11) is 0. The second-order valence-electron chi connectivity index (χ2n) is 6.73. The molecule has 9 heteroatoms. The number of anilines is 1. The number of allylic oxidation sites excluding steroid dienone is 2. The lowest BCUT2D eigenvalue weighted by Gasteiger charge is -2.20. The van der Waals surface area contributed by atoms with Crippen LogP contribution in [0.25, 0.3) is 0 Å². The molecule has 162 valence electrons. The van der Waals surface area contributed by atoms with Crippen LogP contribution in [-0.4, -0.2) is 18.3 Å². The van der Waals surface area contributed by atoms with Crippen LogP contribution < -0.4 is 32.2 Å². The molecule has 0 aliphatic heterocycles. The third kappa shape index (κ3) is 5.60. The van der Waals surface area contributed by atoms with Crippen LogP contribution in [0.2, 0.25) is 0 Å². The van der Waals surface area contributed by atoms with E-state index in [9.17, 15) is 10.1 Å². The van der Waals surface area contributed by atoms with Crippen molar-refractivity contribution in [3.05, 3.63) is 70.4 Å². The molecule has 9 nitrogen and oxygen atoms in total. The predicted molar refractivity (Wildman–Crippen MR) is 120 cm³/mol. The van der Waals surface area contributed by atoms with Crippen LogP contribution in [-0.2, 0) is 6.61 Å². The molecular formula is C22H27N7O2. The summed E-state index contributed by atoms with van der Waals surface area (Å²) in [6, 6.07) is 13.9. The molecule has 0 atom stereocenters. The minimum absolute atomic E-state index is 0.178. The molecule has 31 heavy (non-hydrogen) atoms. The summed E-state index contributed by atoms with van der Waals surface area (Å²) in [6.07, 6.45) is 0. The maximum Gasteiger partial charge on any atom is 0.350 e. The minimum atomic E-state index is -0.649. The van der Waals surface area contributed by atoms with Crippen LogP contribution in [0.3, 0.4) is 0 Å². The van der Waals surface area contributed by atoms with Gasteiger partial charge in [-0.2, -0.15) is 5.26 Å². The Morgan fingerprint density at radius 1 is 1.29 bits per heavy atom. The van der Waals surface area contributed by atoms with E-state index in [4.69, 9.17) is 21.8 Å². The van der Waals surface area contributed by atoms with Gasteiger partial charge in [-0.25, -0.2) is 21.5 Å². The number of carbonyl (C=O) groups is 1. The van der Waals surface area contributed by atoms with Crippen molar-refractivity contribution in [3.63, 3.8) is 0 Å². The van der Waals surface area contributed by atoms with Crippen molar-refractivity contribution in [1.29, 1.82) is 10.7 Å². The molecule has 0 saturated heterocycles. The Morgan fingerprint density at radius 2 is 2.00 bits per heavy atom. The van der Waals surface area contributed by atoms with E-state index in [2.05, 4.69) is 11.4 Å². The monoisotopic (exact) mass is 421 g/mol. The Balaban J connectivity index is 2.21. The van der Waals surface area contributed by atoms with E-state index < -0.39 is 6.03 Å². The van der Waals surface area contributed by atoms with Gasteiger partial charge in [0.25, 0.3) is 0 Å². The van der Waals surface area contributed by atoms with Gasteiger partial charge >= 0.3 is 6.03 Å². The highest BCUT2D eigenvalue weighted by molar-refractivity contribution is 6.11. The first-order valence-electron chi connectivity index (χ1n) is 9.64. The maximum absolute atomic E-state index is 11.7. The molecule has 0 aliphatic carbocycles. The number of carbonyl (C=O) groups excluding carboxylic acids is 1. The molecule has 0 aromatic heterocycles. The molecule has 0 bridgehead atoms. The molecule has 0 spiro atoms. The van der Waals surface area contributed by atoms with Crippen molar-refractivity contribution >= 4 is 17.4 Å². The summed E-state index contributed by atoms with van der Waals surface area (Å²) in [6.45, 7) is 6.31. The second kappa shape index (κ2) is 10.8. The highest BCUT2D eigenvalue weighted by atomic mass is 16.5. The average molecular weight is 422 g/mol. The Labute approximate surface area is 181 Å². The Hall–Kier alpha value is -3.87. The number of nitriles is 1. The fraction of sp³-hybridized carbons (Fsp3) is 0.227. The number of nitrogens with two attached hydrogens (primary N) is 2. The topological polar surface area (TPSA) is 153 Å². The predicted octanol–water partition coefficient (Wildman–Crippen LogP) is 2.61. The van der Waals surface area contributed by atoms with Gasteiger partial charge in [0.2, 0.25) is 0 Å². The van der Waals surface area contributed by atoms with Gasteiger partial charge in [-0.05, 0) is 50.6 Å². The van der Waals surface area contributed by atoms with E-state index in [1.807, 2.05) is 31.4 Å². The smallest absolute Gasteiger partial charge is 0.350 e. The van der Waals surface area contributed by atoms with Crippen molar-refractivity contribution in [2.45, 2.75) is 27.4 Å². The normalized spacial score (nSPS) is 11.1. The quantitative estimate of drug-likeness (QED) is 0.145. The van der Waals surface area contributed by atoms with Crippen LogP contribution in [0.4, 0.5) is 10.5 Å². The zero-order valence-electron chi connectivity index (χ0n) is 17.8. The van der Waals surface area contributed by atoms with E-state index in [1.54, 1.807) is 37.3 Å². The van der Waals surface area contributed by atoms with Gasteiger partial charge in [-0.15, -0.1) is 0 Å². The maximum atomic E-state index is 11.7. The lowest BCUT2D eigenvalue weighted by molar-refractivity contribution is 0.246. The lowest BCUT2D eigenvalue weighted by atomic mass is 10.00. The van der Waals surface area contributed by atoms with Gasteiger partial charge in [0.1, 0.15) is 24.1 Å². The Bertz CT molecular complexity index is 1040. The fourth-order valence-electron chi connectivity index (χ4n) is 2.94. The van der Waals surface area contributed by atoms with Gasteiger partial charge in [-0.3, -0.25) is 10.8 Å². The number of hydrazine groups is 2. The zero-order chi connectivity index (χ0) is 23.0. The summed E-state index contributed by atoms with van der Waals surface area (Å²) in [5, 5.41) is 21.6. The van der Waals surface area contributed by atoms with Crippen LogP contribution >= 0.6 is 0 Å². The van der Waals surface area contributed by atoms with Crippen molar-refractivity contribution in [1.82, 2.24) is 10.7 Å². The number of nitrogens with zero attached hydrogens (tertiary/aromatic N) is 2. The number of urea groups is 1. The van der Waals surface area contributed by atoms with Gasteiger partial charge in [0, 0.05) is 23.2 Å². The summed E-state index contributed by atoms with van der Waals surface area (Å²) in [5.74, 6) is 11.6. The first-order valence-corrected chi connectivity index (χ1v) is 9.64. The number of hydrogen-bond acceptors (Lipinski definition) is 7. The molecule has 0 fully saturated rings. The number of amides is 2. The first-order chi connectivity index (χ1) is 14.8. The average Bonchev–Trinajstić information content (AvgIpc) is 2.79. The molecule has 2 amide bonds. The third-order valence-corrected chi connectivity index (χ3v) is 4.66. The van der Waals surface area contributed by atoms with Crippen LogP contribution in [0.15, 0.2) is 53.7 Å². The lowest BCUT2D eigenvalue weighted by Crippen LogP contribution is -2.48. The highest BCUT2D eigenvalue weighted by Gasteiger charge is 2.15.